The Hall–Kier alpha value is -1.86. The fraction of sp³-hybridized carbons (Fsp3) is 0.897. The number of hydrogen-bond donors (Lipinski definition) is 6. The molecule has 0 saturated carbocycles. The Morgan fingerprint density at radius 3 is 1.39 bits per heavy atom. The second kappa shape index (κ2) is 48.4. The number of hydrogen-bond acceptors (Lipinski definition) is 10. The first kappa shape index (κ1) is 65.2. The highest BCUT2D eigenvalue weighted by Crippen LogP contribution is 2.23. The molecule has 1 heterocycles. The molecule has 6 N–H and O–H groups in total. The van der Waals surface area contributed by atoms with Gasteiger partial charge in [-0.1, -0.05) is 224 Å². The summed E-state index contributed by atoms with van der Waals surface area (Å²) in [6, 6.07) is -0.819. The number of rotatable bonds is 50. The third-order valence-corrected chi connectivity index (χ3v) is 13.8. The molecular formula is C58H109NO10. The van der Waals surface area contributed by atoms with E-state index in [1.54, 1.807) is 6.08 Å². The van der Waals surface area contributed by atoms with Crippen LogP contribution in [0.15, 0.2) is 24.3 Å². The van der Waals surface area contributed by atoms with Crippen LogP contribution in [0.25, 0.3) is 0 Å². The summed E-state index contributed by atoms with van der Waals surface area (Å²) in [5.41, 5.74) is 0. The van der Waals surface area contributed by atoms with Crippen LogP contribution >= 0.6 is 0 Å². The molecule has 7 unspecified atom stereocenters. The smallest absolute Gasteiger partial charge is 0.305 e. The molecule has 0 spiro atoms. The van der Waals surface area contributed by atoms with Crippen molar-refractivity contribution in [2.45, 2.75) is 314 Å². The molecular weight excluding hydrogens is 871 g/mol. The van der Waals surface area contributed by atoms with Gasteiger partial charge >= 0.3 is 5.97 Å². The van der Waals surface area contributed by atoms with Gasteiger partial charge in [-0.3, -0.25) is 9.59 Å². The molecule has 11 heteroatoms. The second-order valence-corrected chi connectivity index (χ2v) is 20.3. The Labute approximate surface area is 422 Å². The molecule has 0 bridgehead atoms. The van der Waals surface area contributed by atoms with Crippen molar-refractivity contribution >= 4 is 11.9 Å². The van der Waals surface area contributed by atoms with Crippen LogP contribution in [-0.4, -0.2) is 100 Å². The van der Waals surface area contributed by atoms with Crippen molar-refractivity contribution in [3.05, 3.63) is 24.3 Å². The number of ether oxygens (including phenoxy) is 3. The van der Waals surface area contributed by atoms with Crippen LogP contribution in [0.2, 0.25) is 0 Å². The van der Waals surface area contributed by atoms with Crippen LogP contribution in [-0.2, 0) is 23.8 Å². The van der Waals surface area contributed by atoms with Crippen LogP contribution in [0.4, 0.5) is 0 Å². The summed E-state index contributed by atoms with van der Waals surface area (Å²) < 4.78 is 16.7. The van der Waals surface area contributed by atoms with Gasteiger partial charge in [-0.15, -0.1) is 0 Å². The van der Waals surface area contributed by atoms with E-state index in [1.807, 2.05) is 6.08 Å². The average Bonchev–Trinajstić information content (AvgIpc) is 3.34. The van der Waals surface area contributed by atoms with Gasteiger partial charge in [0.25, 0.3) is 0 Å². The van der Waals surface area contributed by atoms with E-state index in [9.17, 15) is 35.1 Å². The molecule has 1 saturated heterocycles. The first-order chi connectivity index (χ1) is 33.7. The molecule has 0 radical (unpaired) electrons. The maximum atomic E-state index is 13.0. The third kappa shape index (κ3) is 38.4. The minimum absolute atomic E-state index is 0.0256. The number of nitrogens with one attached hydrogen (secondary N) is 1. The van der Waals surface area contributed by atoms with Gasteiger partial charge in [-0.2, -0.15) is 0 Å². The van der Waals surface area contributed by atoms with Gasteiger partial charge in [0, 0.05) is 12.8 Å². The van der Waals surface area contributed by atoms with Gasteiger partial charge in [-0.05, 0) is 57.8 Å². The summed E-state index contributed by atoms with van der Waals surface area (Å²) >= 11 is 0. The summed E-state index contributed by atoms with van der Waals surface area (Å²) in [7, 11) is 0. The molecule has 0 aliphatic carbocycles. The first-order valence-electron chi connectivity index (χ1n) is 29.1. The van der Waals surface area contributed by atoms with Crippen LogP contribution in [0.3, 0.4) is 0 Å². The summed E-state index contributed by atoms with van der Waals surface area (Å²) in [4.78, 5) is 25.1. The van der Waals surface area contributed by atoms with Crippen molar-refractivity contribution in [3.63, 3.8) is 0 Å². The highest BCUT2D eigenvalue weighted by atomic mass is 16.7. The number of aliphatic hydroxyl groups is 5. The fourth-order valence-electron chi connectivity index (χ4n) is 9.13. The number of carbonyl (C=O) groups is 2. The Kier molecular flexibility index (Phi) is 45.7. The fourth-order valence-corrected chi connectivity index (χ4v) is 9.13. The number of allylic oxidation sites excluding steroid dienone is 3. The third-order valence-electron chi connectivity index (χ3n) is 13.8. The summed E-state index contributed by atoms with van der Waals surface area (Å²) in [5.74, 6) is -0.224. The predicted molar refractivity (Wildman–Crippen MR) is 283 cm³/mol. The van der Waals surface area contributed by atoms with Crippen molar-refractivity contribution in [2.75, 3.05) is 19.8 Å². The maximum absolute atomic E-state index is 13.0. The standard InChI is InChI=1S/C58H109NO10/c1-3-5-7-9-11-13-14-15-16-17-20-23-26-30-34-38-42-46-54(63)67-47-43-39-35-31-27-24-21-18-19-22-25-29-33-37-41-45-53(62)59-50(51(61)44-40-36-32-28-12-10-8-6-4-2)49-68-58-57(66)56(65)55(64)52(48-60)69-58/h21,24,40,44,50-52,55-58,60-61,64-66H,3-20,22-23,25-39,41-43,45-49H2,1-2H3,(H,59,62)/b24-21-,44-40+. The van der Waals surface area contributed by atoms with Crippen molar-refractivity contribution in [1.82, 2.24) is 5.32 Å². The average molecular weight is 981 g/mol. The van der Waals surface area contributed by atoms with E-state index in [0.29, 0.717) is 19.4 Å². The van der Waals surface area contributed by atoms with Gasteiger partial charge in [0.2, 0.25) is 5.91 Å². The molecule has 11 nitrogen and oxygen atoms in total. The molecule has 7 atom stereocenters. The summed E-state index contributed by atoms with van der Waals surface area (Å²) in [5, 5.41) is 54.1. The normalized spacial score (nSPS) is 19.4. The number of esters is 1. The monoisotopic (exact) mass is 980 g/mol. The number of aliphatic hydroxyl groups excluding tert-OH is 5. The van der Waals surface area contributed by atoms with E-state index in [2.05, 4.69) is 31.3 Å². The van der Waals surface area contributed by atoms with Crippen LogP contribution in [0.1, 0.15) is 271 Å². The van der Waals surface area contributed by atoms with E-state index in [1.165, 1.54) is 161 Å². The summed E-state index contributed by atoms with van der Waals surface area (Å²) in [6.07, 6.45) is 47.1. The van der Waals surface area contributed by atoms with Crippen molar-refractivity contribution in [2.24, 2.45) is 0 Å². The number of unbranched alkanes of at least 4 members (excludes halogenated alkanes) is 34. The number of carbonyl (C=O) groups excluding carboxylic acids is 2. The van der Waals surface area contributed by atoms with Gasteiger partial charge in [-0.25, -0.2) is 0 Å². The van der Waals surface area contributed by atoms with Crippen LogP contribution in [0, 0.1) is 0 Å². The molecule has 1 aliphatic rings. The Balaban J connectivity index is 2.06. The molecule has 406 valence electrons. The van der Waals surface area contributed by atoms with E-state index in [-0.39, 0.29) is 18.5 Å². The molecule has 1 aliphatic heterocycles. The van der Waals surface area contributed by atoms with E-state index in [4.69, 9.17) is 14.2 Å². The second-order valence-electron chi connectivity index (χ2n) is 20.3. The van der Waals surface area contributed by atoms with Gasteiger partial charge < -0.3 is 45.1 Å². The summed E-state index contributed by atoms with van der Waals surface area (Å²) in [6.45, 7) is 4.27. The molecule has 1 amide bonds. The molecule has 1 fully saturated rings. The minimum Gasteiger partial charge on any atom is -0.466 e. The largest absolute Gasteiger partial charge is 0.466 e. The maximum Gasteiger partial charge on any atom is 0.305 e. The van der Waals surface area contributed by atoms with Crippen molar-refractivity contribution in [3.8, 4) is 0 Å². The molecule has 0 aromatic carbocycles. The minimum atomic E-state index is -1.58. The SMILES string of the molecule is CCCCCCCCC/C=C/C(O)C(COC1OC(CO)C(O)C(O)C1O)NC(=O)CCCCCCCCC/C=C\CCCCCCOC(=O)CCCCCCCCCCCCCCCCCCC. The molecule has 0 aromatic rings. The zero-order valence-electron chi connectivity index (χ0n) is 44.5. The van der Waals surface area contributed by atoms with Crippen molar-refractivity contribution < 1.29 is 49.3 Å². The number of amides is 1. The zero-order chi connectivity index (χ0) is 50.3. The lowest BCUT2D eigenvalue weighted by Crippen LogP contribution is -2.60. The highest BCUT2D eigenvalue weighted by molar-refractivity contribution is 5.76. The molecule has 0 aromatic heterocycles. The van der Waals surface area contributed by atoms with Gasteiger partial charge in [0.05, 0.1) is 32.0 Å². The van der Waals surface area contributed by atoms with Crippen molar-refractivity contribution in [1.29, 1.82) is 0 Å². The lowest BCUT2D eigenvalue weighted by Gasteiger charge is -2.40. The van der Waals surface area contributed by atoms with Crippen LogP contribution < -0.4 is 5.32 Å². The van der Waals surface area contributed by atoms with Crippen LogP contribution in [0.5, 0.6) is 0 Å². The van der Waals surface area contributed by atoms with E-state index < -0.39 is 49.5 Å². The predicted octanol–water partition coefficient (Wildman–Crippen LogP) is 12.9. The molecule has 1 rings (SSSR count). The Morgan fingerprint density at radius 2 is 0.928 bits per heavy atom. The zero-order valence-corrected chi connectivity index (χ0v) is 44.5. The van der Waals surface area contributed by atoms with E-state index in [0.717, 1.165) is 83.5 Å². The lowest BCUT2D eigenvalue weighted by molar-refractivity contribution is -0.302. The quantitative estimate of drug-likeness (QED) is 0.0196. The lowest BCUT2D eigenvalue weighted by atomic mass is 9.99. The highest BCUT2D eigenvalue weighted by Gasteiger charge is 2.44. The Bertz CT molecular complexity index is 1200. The Morgan fingerprint density at radius 1 is 0.522 bits per heavy atom. The first-order valence-corrected chi connectivity index (χ1v) is 29.1. The topological polar surface area (TPSA) is 175 Å². The van der Waals surface area contributed by atoms with Gasteiger partial charge in [0.15, 0.2) is 6.29 Å². The van der Waals surface area contributed by atoms with E-state index >= 15 is 0 Å². The van der Waals surface area contributed by atoms with Gasteiger partial charge in [0.1, 0.15) is 24.4 Å². The molecule has 69 heavy (non-hydrogen) atoms.